The van der Waals surface area contributed by atoms with Crippen LogP contribution < -0.4 is 10.6 Å². The molecule has 1 heterocycles. The zero-order valence-corrected chi connectivity index (χ0v) is 11.3. The van der Waals surface area contributed by atoms with Crippen molar-refractivity contribution in [2.45, 2.75) is 25.3 Å². The topological polar surface area (TPSA) is 50.4 Å². The van der Waals surface area contributed by atoms with Crippen LogP contribution in [0.25, 0.3) is 0 Å². The summed E-state index contributed by atoms with van der Waals surface area (Å²) in [5.41, 5.74) is 1.38. The molecular formula is C15H19FN2O2. The highest BCUT2D eigenvalue weighted by atomic mass is 19.1. The van der Waals surface area contributed by atoms with E-state index in [1.807, 2.05) is 0 Å². The first-order chi connectivity index (χ1) is 9.74. The molecule has 1 amide bonds. The minimum atomic E-state index is -0.455. The highest BCUT2D eigenvalue weighted by molar-refractivity contribution is 6.02. The molecule has 20 heavy (non-hydrogen) atoms. The Kier molecular flexibility index (Phi) is 3.98. The van der Waals surface area contributed by atoms with Crippen molar-refractivity contribution in [1.29, 1.82) is 0 Å². The van der Waals surface area contributed by atoms with Gasteiger partial charge >= 0.3 is 0 Å². The lowest BCUT2D eigenvalue weighted by molar-refractivity contribution is -0.117. The molecule has 1 saturated carbocycles. The van der Waals surface area contributed by atoms with E-state index in [-0.39, 0.29) is 11.7 Å². The van der Waals surface area contributed by atoms with Gasteiger partial charge < -0.3 is 15.4 Å². The van der Waals surface area contributed by atoms with Gasteiger partial charge in [0.15, 0.2) is 0 Å². The Balaban J connectivity index is 1.45. The number of fused-ring (bicyclic) bond motifs is 1. The van der Waals surface area contributed by atoms with Crippen LogP contribution in [0.5, 0.6) is 0 Å². The quantitative estimate of drug-likeness (QED) is 0.752. The number of anilines is 1. The molecule has 1 aliphatic heterocycles. The number of carbonyl (C=O) groups excluding carboxylic acids is 1. The Morgan fingerprint density at radius 2 is 2.25 bits per heavy atom. The minimum Gasteiger partial charge on any atom is -0.381 e. The van der Waals surface area contributed by atoms with Crippen LogP contribution in [0.15, 0.2) is 18.2 Å². The first kappa shape index (κ1) is 13.5. The fraction of sp³-hybridized carbons (Fsp3) is 0.533. The van der Waals surface area contributed by atoms with Gasteiger partial charge in [-0.3, -0.25) is 4.79 Å². The Morgan fingerprint density at radius 1 is 1.40 bits per heavy atom. The third-order valence-electron chi connectivity index (χ3n) is 3.71. The van der Waals surface area contributed by atoms with Gasteiger partial charge in [0.25, 0.3) is 0 Å². The summed E-state index contributed by atoms with van der Waals surface area (Å²) in [5.74, 6) is 0.336. The number of hydrogen-bond acceptors (Lipinski definition) is 3. The van der Waals surface area contributed by atoms with Crippen molar-refractivity contribution in [3.05, 3.63) is 29.6 Å². The van der Waals surface area contributed by atoms with Gasteiger partial charge in [-0.2, -0.15) is 0 Å². The number of nitrogens with one attached hydrogen (secondary N) is 2. The maximum Gasteiger partial charge on any atom is 0.246 e. The van der Waals surface area contributed by atoms with Crippen LogP contribution in [-0.2, 0) is 9.53 Å². The summed E-state index contributed by atoms with van der Waals surface area (Å²) in [5, 5.41) is 5.91. The molecule has 0 aromatic heterocycles. The van der Waals surface area contributed by atoms with Crippen LogP contribution in [0.3, 0.4) is 0 Å². The molecule has 0 radical (unpaired) electrons. The van der Waals surface area contributed by atoms with Crippen molar-refractivity contribution in [1.82, 2.24) is 5.32 Å². The van der Waals surface area contributed by atoms with Gasteiger partial charge in [0.05, 0.1) is 0 Å². The number of rotatable bonds is 7. The normalized spacial score (nSPS) is 20.9. The SMILES string of the molecule is O=C1Nc2ccc(F)cc2C1NCCCOCC1CC1. The first-order valence-electron chi connectivity index (χ1n) is 7.15. The van der Waals surface area contributed by atoms with E-state index in [1.165, 1.54) is 25.0 Å². The molecule has 5 heteroatoms. The van der Waals surface area contributed by atoms with Crippen molar-refractivity contribution in [2.24, 2.45) is 5.92 Å². The van der Waals surface area contributed by atoms with Crippen molar-refractivity contribution in [3.8, 4) is 0 Å². The van der Waals surface area contributed by atoms with Crippen LogP contribution in [0.4, 0.5) is 10.1 Å². The lowest BCUT2D eigenvalue weighted by Crippen LogP contribution is -2.29. The summed E-state index contributed by atoms with van der Waals surface area (Å²) in [4.78, 5) is 11.8. The van der Waals surface area contributed by atoms with E-state index in [2.05, 4.69) is 10.6 Å². The zero-order valence-electron chi connectivity index (χ0n) is 11.3. The Morgan fingerprint density at radius 3 is 3.05 bits per heavy atom. The van der Waals surface area contributed by atoms with E-state index in [9.17, 15) is 9.18 Å². The van der Waals surface area contributed by atoms with Crippen LogP contribution in [0.2, 0.25) is 0 Å². The lowest BCUT2D eigenvalue weighted by atomic mass is 10.1. The van der Waals surface area contributed by atoms with E-state index in [0.717, 1.165) is 18.9 Å². The first-order valence-corrected chi connectivity index (χ1v) is 7.15. The van der Waals surface area contributed by atoms with Crippen LogP contribution in [-0.4, -0.2) is 25.7 Å². The van der Waals surface area contributed by atoms with Crippen LogP contribution in [0.1, 0.15) is 30.9 Å². The largest absolute Gasteiger partial charge is 0.381 e. The number of hydrogen-bond donors (Lipinski definition) is 2. The van der Waals surface area contributed by atoms with Crippen LogP contribution >= 0.6 is 0 Å². The third kappa shape index (κ3) is 3.16. The molecule has 1 unspecified atom stereocenters. The highest BCUT2D eigenvalue weighted by Crippen LogP contribution is 2.31. The Hall–Kier alpha value is -1.46. The molecule has 1 aromatic carbocycles. The molecule has 3 rings (SSSR count). The molecule has 1 aromatic rings. The van der Waals surface area contributed by atoms with Gasteiger partial charge in [-0.15, -0.1) is 0 Å². The predicted molar refractivity (Wildman–Crippen MR) is 73.9 cm³/mol. The van der Waals surface area contributed by atoms with Gasteiger partial charge in [-0.25, -0.2) is 4.39 Å². The van der Waals surface area contributed by atoms with E-state index in [1.54, 1.807) is 6.07 Å². The molecule has 1 aliphatic carbocycles. The average molecular weight is 278 g/mol. The second-order valence-electron chi connectivity index (χ2n) is 5.48. The average Bonchev–Trinajstić information content (AvgIpc) is 3.19. The molecular weight excluding hydrogens is 259 g/mol. The third-order valence-corrected chi connectivity index (χ3v) is 3.71. The number of benzene rings is 1. The summed E-state index contributed by atoms with van der Waals surface area (Å²) in [6.07, 6.45) is 3.44. The standard InChI is InChI=1S/C15H19FN2O2/c16-11-4-5-13-12(8-11)14(15(19)18-13)17-6-1-7-20-9-10-2-3-10/h4-5,8,10,14,17H,1-3,6-7,9H2,(H,18,19). The maximum absolute atomic E-state index is 13.2. The van der Waals surface area contributed by atoms with E-state index in [4.69, 9.17) is 4.74 Å². The van der Waals surface area contributed by atoms with Crippen molar-refractivity contribution in [3.63, 3.8) is 0 Å². The van der Waals surface area contributed by atoms with Gasteiger partial charge in [0.1, 0.15) is 11.9 Å². The Labute approximate surface area is 117 Å². The molecule has 0 spiro atoms. The van der Waals surface area contributed by atoms with Crippen molar-refractivity contribution in [2.75, 3.05) is 25.1 Å². The molecule has 0 bridgehead atoms. The smallest absolute Gasteiger partial charge is 0.246 e. The fourth-order valence-electron chi connectivity index (χ4n) is 2.39. The number of amides is 1. The number of ether oxygens (including phenoxy) is 1. The summed E-state index contributed by atoms with van der Waals surface area (Å²) >= 11 is 0. The molecule has 108 valence electrons. The van der Waals surface area contributed by atoms with E-state index in [0.29, 0.717) is 24.4 Å². The predicted octanol–water partition coefficient (Wildman–Crippen LogP) is 2.23. The number of halogens is 1. The second kappa shape index (κ2) is 5.89. The second-order valence-corrected chi connectivity index (χ2v) is 5.48. The summed E-state index contributed by atoms with van der Waals surface area (Å²) in [7, 11) is 0. The number of carbonyl (C=O) groups is 1. The summed E-state index contributed by atoms with van der Waals surface area (Å²) in [6.45, 7) is 2.24. The maximum atomic E-state index is 13.2. The van der Waals surface area contributed by atoms with E-state index >= 15 is 0 Å². The minimum absolute atomic E-state index is 0.121. The summed E-state index contributed by atoms with van der Waals surface area (Å²) < 4.78 is 18.8. The van der Waals surface area contributed by atoms with Crippen LogP contribution in [0, 0.1) is 11.7 Å². The summed E-state index contributed by atoms with van der Waals surface area (Å²) in [6, 6.07) is 3.91. The molecule has 1 fully saturated rings. The van der Waals surface area contributed by atoms with Gasteiger partial charge in [0.2, 0.25) is 5.91 Å². The molecule has 4 nitrogen and oxygen atoms in total. The molecule has 0 saturated heterocycles. The zero-order chi connectivity index (χ0) is 13.9. The molecule has 2 aliphatic rings. The Bertz CT molecular complexity index is 503. The monoisotopic (exact) mass is 278 g/mol. The van der Waals surface area contributed by atoms with E-state index < -0.39 is 6.04 Å². The van der Waals surface area contributed by atoms with Gasteiger partial charge in [-0.1, -0.05) is 0 Å². The molecule has 2 N–H and O–H groups in total. The fourth-order valence-corrected chi connectivity index (χ4v) is 2.39. The highest BCUT2D eigenvalue weighted by Gasteiger charge is 2.30. The molecule has 1 atom stereocenters. The van der Waals surface area contributed by atoms with Crippen molar-refractivity contribution < 1.29 is 13.9 Å². The van der Waals surface area contributed by atoms with Gasteiger partial charge in [-0.05, 0) is 49.9 Å². The van der Waals surface area contributed by atoms with Gasteiger partial charge in [0, 0.05) is 24.5 Å². The van der Waals surface area contributed by atoms with Crippen molar-refractivity contribution >= 4 is 11.6 Å². The lowest BCUT2D eigenvalue weighted by Gasteiger charge is -2.11.